The highest BCUT2D eigenvalue weighted by molar-refractivity contribution is 7.89. The van der Waals surface area contributed by atoms with E-state index in [2.05, 4.69) is 11.8 Å². The van der Waals surface area contributed by atoms with Gasteiger partial charge in [-0.3, -0.25) is 0 Å². The maximum Gasteiger partial charge on any atom is 0.243 e. The van der Waals surface area contributed by atoms with Gasteiger partial charge in [0.1, 0.15) is 6.61 Å². The van der Waals surface area contributed by atoms with E-state index in [1.54, 1.807) is 19.1 Å². The number of aliphatic hydroxyl groups is 2. The highest BCUT2D eigenvalue weighted by Crippen LogP contribution is 2.26. The average molecular weight is 309 g/mol. The number of sulfonamides is 1. The number of rotatable bonds is 3. The molecule has 2 unspecified atom stereocenters. The average Bonchev–Trinajstić information content (AvgIpc) is 2.96. The van der Waals surface area contributed by atoms with E-state index in [0.717, 1.165) is 0 Å². The van der Waals surface area contributed by atoms with Crippen LogP contribution in [0.5, 0.6) is 0 Å². The Morgan fingerprint density at radius 3 is 2.86 bits per heavy atom. The SMILES string of the molecule is CC(O)C1CCN(S(=O)(=O)c2cccc(C#CCO)c2)C1. The summed E-state index contributed by atoms with van der Waals surface area (Å²) in [5.41, 5.74) is 0.552. The lowest BCUT2D eigenvalue weighted by Crippen LogP contribution is -2.30. The van der Waals surface area contributed by atoms with Crippen LogP contribution in [0.2, 0.25) is 0 Å². The van der Waals surface area contributed by atoms with E-state index in [0.29, 0.717) is 25.1 Å². The fourth-order valence-corrected chi connectivity index (χ4v) is 3.95. The normalized spacial score (nSPS) is 20.8. The van der Waals surface area contributed by atoms with Crippen LogP contribution in [0, 0.1) is 17.8 Å². The Labute approximate surface area is 125 Å². The summed E-state index contributed by atoms with van der Waals surface area (Å²) in [6, 6.07) is 6.38. The van der Waals surface area contributed by atoms with Crippen molar-refractivity contribution in [2.75, 3.05) is 19.7 Å². The molecule has 0 amide bonds. The summed E-state index contributed by atoms with van der Waals surface area (Å²) in [4.78, 5) is 0.193. The molecule has 0 bridgehead atoms. The summed E-state index contributed by atoms with van der Waals surface area (Å²) in [5, 5.41) is 18.3. The predicted molar refractivity (Wildman–Crippen MR) is 79.0 cm³/mol. The van der Waals surface area contributed by atoms with Crippen LogP contribution in [0.4, 0.5) is 0 Å². The summed E-state index contributed by atoms with van der Waals surface area (Å²) in [6.07, 6.45) is 0.160. The summed E-state index contributed by atoms with van der Waals surface area (Å²) in [5.74, 6) is 5.18. The van der Waals surface area contributed by atoms with Crippen molar-refractivity contribution in [1.82, 2.24) is 4.31 Å². The second-order valence-electron chi connectivity index (χ2n) is 5.14. The Hall–Kier alpha value is -1.39. The van der Waals surface area contributed by atoms with Crippen LogP contribution in [0.1, 0.15) is 18.9 Å². The molecule has 114 valence electrons. The highest BCUT2D eigenvalue weighted by atomic mass is 32.2. The third-order valence-corrected chi connectivity index (χ3v) is 5.51. The van der Waals surface area contributed by atoms with Crippen molar-refractivity contribution >= 4 is 10.0 Å². The molecule has 0 saturated carbocycles. The molecule has 1 aromatic carbocycles. The minimum atomic E-state index is -3.56. The molecule has 1 aliphatic heterocycles. The first-order valence-corrected chi connectivity index (χ1v) is 8.27. The van der Waals surface area contributed by atoms with Crippen molar-refractivity contribution in [3.63, 3.8) is 0 Å². The van der Waals surface area contributed by atoms with Gasteiger partial charge in [0.2, 0.25) is 10.0 Å². The number of benzene rings is 1. The van der Waals surface area contributed by atoms with Crippen molar-refractivity contribution in [3.8, 4) is 11.8 Å². The number of hydrogen-bond acceptors (Lipinski definition) is 4. The second kappa shape index (κ2) is 6.58. The molecule has 5 nitrogen and oxygen atoms in total. The largest absolute Gasteiger partial charge is 0.393 e. The first-order chi connectivity index (χ1) is 9.95. The van der Waals surface area contributed by atoms with Gasteiger partial charge >= 0.3 is 0 Å². The van der Waals surface area contributed by atoms with E-state index in [1.807, 2.05) is 0 Å². The first-order valence-electron chi connectivity index (χ1n) is 6.83. The lowest BCUT2D eigenvalue weighted by Gasteiger charge is -2.17. The van der Waals surface area contributed by atoms with Crippen LogP contribution < -0.4 is 0 Å². The fourth-order valence-electron chi connectivity index (χ4n) is 2.39. The molecule has 1 aromatic rings. The lowest BCUT2D eigenvalue weighted by atomic mass is 10.0. The van der Waals surface area contributed by atoms with Crippen LogP contribution in [-0.4, -0.2) is 48.7 Å². The third-order valence-electron chi connectivity index (χ3n) is 3.65. The van der Waals surface area contributed by atoms with Crippen LogP contribution in [0.25, 0.3) is 0 Å². The molecule has 0 spiro atoms. The van der Waals surface area contributed by atoms with Gasteiger partial charge in [0.25, 0.3) is 0 Å². The van der Waals surface area contributed by atoms with E-state index in [1.165, 1.54) is 16.4 Å². The van der Waals surface area contributed by atoms with Gasteiger partial charge in [0, 0.05) is 18.7 Å². The van der Waals surface area contributed by atoms with Gasteiger partial charge in [0.15, 0.2) is 0 Å². The van der Waals surface area contributed by atoms with E-state index in [4.69, 9.17) is 5.11 Å². The topological polar surface area (TPSA) is 77.8 Å². The van der Waals surface area contributed by atoms with Crippen molar-refractivity contribution in [2.24, 2.45) is 5.92 Å². The van der Waals surface area contributed by atoms with Crippen molar-refractivity contribution < 1.29 is 18.6 Å². The molecule has 0 radical (unpaired) electrons. The molecule has 21 heavy (non-hydrogen) atoms. The van der Waals surface area contributed by atoms with E-state index in [9.17, 15) is 13.5 Å². The fraction of sp³-hybridized carbons (Fsp3) is 0.467. The maximum atomic E-state index is 12.6. The summed E-state index contributed by atoms with van der Waals surface area (Å²) in [6.45, 7) is 2.18. The van der Waals surface area contributed by atoms with Crippen LogP contribution in [0.15, 0.2) is 29.2 Å². The standard InChI is InChI=1S/C15H19NO4S/c1-12(18)14-7-8-16(11-14)21(19,20)15-6-2-4-13(10-15)5-3-9-17/h2,4,6,10,12,14,17-18H,7-9,11H2,1H3. The van der Waals surface area contributed by atoms with Crippen molar-refractivity contribution in [1.29, 1.82) is 0 Å². The molecular weight excluding hydrogens is 290 g/mol. The molecule has 6 heteroatoms. The van der Waals surface area contributed by atoms with Gasteiger partial charge in [-0.2, -0.15) is 4.31 Å². The quantitative estimate of drug-likeness (QED) is 0.793. The summed E-state index contributed by atoms with van der Waals surface area (Å²) in [7, 11) is -3.56. The zero-order chi connectivity index (χ0) is 15.5. The van der Waals surface area contributed by atoms with Gasteiger partial charge in [0.05, 0.1) is 11.0 Å². The molecule has 2 atom stereocenters. The predicted octanol–water partition coefficient (Wildman–Crippen LogP) is 0.422. The minimum Gasteiger partial charge on any atom is -0.393 e. The summed E-state index contributed by atoms with van der Waals surface area (Å²) < 4.78 is 26.6. The monoisotopic (exact) mass is 309 g/mol. The molecule has 1 aliphatic rings. The third kappa shape index (κ3) is 3.63. The molecule has 1 heterocycles. The molecule has 2 rings (SSSR count). The highest BCUT2D eigenvalue weighted by Gasteiger charge is 2.34. The first kappa shape index (κ1) is 16.0. The Morgan fingerprint density at radius 1 is 1.48 bits per heavy atom. The lowest BCUT2D eigenvalue weighted by molar-refractivity contribution is 0.133. The zero-order valence-corrected chi connectivity index (χ0v) is 12.7. The molecule has 0 aliphatic carbocycles. The van der Waals surface area contributed by atoms with Gasteiger partial charge < -0.3 is 10.2 Å². The molecular formula is C15H19NO4S. The van der Waals surface area contributed by atoms with E-state index < -0.39 is 16.1 Å². The zero-order valence-electron chi connectivity index (χ0n) is 11.9. The maximum absolute atomic E-state index is 12.6. The molecule has 1 saturated heterocycles. The minimum absolute atomic E-state index is 0.0165. The van der Waals surface area contributed by atoms with Gasteiger partial charge in [-0.05, 0) is 37.5 Å². The van der Waals surface area contributed by atoms with Gasteiger partial charge in [-0.1, -0.05) is 17.9 Å². The van der Waals surface area contributed by atoms with Crippen LogP contribution >= 0.6 is 0 Å². The number of aliphatic hydroxyl groups excluding tert-OH is 2. The van der Waals surface area contributed by atoms with Gasteiger partial charge in [-0.25, -0.2) is 8.42 Å². The summed E-state index contributed by atoms with van der Waals surface area (Å²) >= 11 is 0. The second-order valence-corrected chi connectivity index (χ2v) is 7.08. The van der Waals surface area contributed by atoms with Crippen molar-refractivity contribution in [3.05, 3.63) is 29.8 Å². The molecule has 0 aromatic heterocycles. The van der Waals surface area contributed by atoms with Crippen LogP contribution in [-0.2, 0) is 10.0 Å². The Balaban J connectivity index is 2.24. The smallest absolute Gasteiger partial charge is 0.243 e. The van der Waals surface area contributed by atoms with Crippen LogP contribution in [0.3, 0.4) is 0 Å². The van der Waals surface area contributed by atoms with Gasteiger partial charge in [-0.15, -0.1) is 0 Å². The molecule has 2 N–H and O–H groups in total. The van der Waals surface area contributed by atoms with E-state index in [-0.39, 0.29) is 17.4 Å². The van der Waals surface area contributed by atoms with Crippen molar-refractivity contribution in [2.45, 2.75) is 24.3 Å². The number of hydrogen-bond donors (Lipinski definition) is 2. The molecule has 1 fully saturated rings. The Bertz CT molecular complexity index is 658. The Morgan fingerprint density at radius 2 is 2.24 bits per heavy atom. The van der Waals surface area contributed by atoms with E-state index >= 15 is 0 Å². The number of nitrogens with zero attached hydrogens (tertiary/aromatic N) is 1. The Kier molecular flexibility index (Phi) is 5.01.